The minimum atomic E-state index is -3.56. The van der Waals surface area contributed by atoms with E-state index in [-0.39, 0.29) is 12.5 Å². The Morgan fingerprint density at radius 2 is 2.14 bits per heavy atom. The van der Waals surface area contributed by atoms with E-state index in [9.17, 15) is 13.2 Å². The second kappa shape index (κ2) is 9.53. The average Bonchev–Trinajstić information content (AvgIpc) is 2.69. The maximum atomic E-state index is 12.6. The van der Waals surface area contributed by atoms with Crippen molar-refractivity contribution in [2.24, 2.45) is 0 Å². The number of amides is 1. The molecule has 2 atom stereocenters. The first-order valence-corrected chi connectivity index (χ1v) is 12.5. The summed E-state index contributed by atoms with van der Waals surface area (Å²) < 4.78 is 31.4. The van der Waals surface area contributed by atoms with Gasteiger partial charge in [0.15, 0.2) is 6.10 Å². The molecular weight excluding hydrogens is 414 g/mol. The molecule has 1 aromatic rings. The van der Waals surface area contributed by atoms with Crippen LogP contribution in [0.4, 0.5) is 5.69 Å². The van der Waals surface area contributed by atoms with Crippen molar-refractivity contribution in [1.82, 2.24) is 10.2 Å². The Morgan fingerprint density at radius 3 is 2.86 bits per heavy atom. The Balaban J connectivity index is 1.56. The Kier molecular flexibility index (Phi) is 7.29. The Hall–Kier alpha value is -1.51. The predicted molar refractivity (Wildman–Crippen MR) is 115 cm³/mol. The van der Waals surface area contributed by atoms with Gasteiger partial charge in [0.25, 0.3) is 5.91 Å². The molecule has 7 nitrogen and oxygen atoms in total. The Bertz CT molecular complexity index is 833. The fraction of sp³-hybridized carbons (Fsp3) is 0.650. The van der Waals surface area contributed by atoms with Gasteiger partial charge >= 0.3 is 0 Å². The summed E-state index contributed by atoms with van der Waals surface area (Å²) in [6, 6.07) is 5.39. The molecule has 0 aromatic heterocycles. The summed E-state index contributed by atoms with van der Waals surface area (Å²) in [6.07, 6.45) is 6.03. The van der Waals surface area contributed by atoms with Crippen LogP contribution in [0.2, 0.25) is 5.02 Å². The van der Waals surface area contributed by atoms with Gasteiger partial charge < -0.3 is 15.0 Å². The van der Waals surface area contributed by atoms with Crippen molar-refractivity contribution >= 4 is 33.2 Å². The average molecular weight is 444 g/mol. The van der Waals surface area contributed by atoms with Gasteiger partial charge in [0.05, 0.1) is 18.5 Å². The Labute approximate surface area is 178 Å². The lowest BCUT2D eigenvalue weighted by Crippen LogP contribution is -2.50. The van der Waals surface area contributed by atoms with E-state index in [0.717, 1.165) is 32.2 Å². The van der Waals surface area contributed by atoms with Crippen molar-refractivity contribution in [3.05, 3.63) is 23.2 Å². The number of halogens is 1. The molecule has 0 aliphatic carbocycles. The number of ether oxygens (including phenoxy) is 1. The molecule has 1 N–H and O–H groups in total. The zero-order chi connectivity index (χ0) is 21.0. The molecule has 0 unspecified atom stereocenters. The zero-order valence-electron chi connectivity index (χ0n) is 17.1. The number of carbonyl (C=O) groups is 1. The van der Waals surface area contributed by atoms with E-state index in [2.05, 4.69) is 17.1 Å². The van der Waals surface area contributed by atoms with Crippen LogP contribution in [0.15, 0.2) is 18.2 Å². The minimum Gasteiger partial charge on any atom is -0.476 e. The largest absolute Gasteiger partial charge is 0.476 e. The third kappa shape index (κ3) is 5.55. The van der Waals surface area contributed by atoms with Crippen molar-refractivity contribution < 1.29 is 17.9 Å². The predicted octanol–water partition coefficient (Wildman–Crippen LogP) is 2.64. The van der Waals surface area contributed by atoms with E-state index < -0.39 is 16.1 Å². The number of piperidine rings is 1. The third-order valence-electron chi connectivity index (χ3n) is 5.62. The lowest BCUT2D eigenvalue weighted by molar-refractivity contribution is -0.127. The highest BCUT2D eigenvalue weighted by Crippen LogP contribution is 2.37. The lowest BCUT2D eigenvalue weighted by Gasteiger charge is -2.35. The molecule has 1 saturated heterocycles. The van der Waals surface area contributed by atoms with Crippen molar-refractivity contribution in [1.29, 1.82) is 0 Å². The van der Waals surface area contributed by atoms with E-state index in [0.29, 0.717) is 29.0 Å². The van der Waals surface area contributed by atoms with E-state index in [4.69, 9.17) is 16.3 Å². The maximum Gasteiger partial charge on any atom is 0.263 e. The number of benzene rings is 1. The first-order chi connectivity index (χ1) is 13.8. The number of sulfonamides is 1. The normalized spacial score (nSPS) is 22.7. The quantitative estimate of drug-likeness (QED) is 0.655. The monoisotopic (exact) mass is 443 g/mol. The molecule has 162 valence electrons. The van der Waals surface area contributed by atoms with Crippen molar-refractivity contribution in [3.8, 4) is 5.75 Å². The summed E-state index contributed by atoms with van der Waals surface area (Å²) in [5.41, 5.74) is 0.361. The van der Waals surface area contributed by atoms with Crippen LogP contribution >= 0.6 is 11.6 Å². The van der Waals surface area contributed by atoms with Crippen LogP contribution in [0.5, 0.6) is 5.75 Å². The molecule has 1 aromatic carbocycles. The number of hydrogen-bond donors (Lipinski definition) is 1. The van der Waals surface area contributed by atoms with E-state index in [1.54, 1.807) is 12.1 Å². The number of hydrogen-bond acceptors (Lipinski definition) is 5. The number of nitrogens with one attached hydrogen (secondary N) is 1. The fourth-order valence-corrected chi connectivity index (χ4v) is 5.17. The van der Waals surface area contributed by atoms with Gasteiger partial charge in [-0.25, -0.2) is 8.42 Å². The number of carbonyl (C=O) groups excluding carboxylic acids is 1. The van der Waals surface area contributed by atoms with E-state index >= 15 is 0 Å². The molecule has 0 radical (unpaired) electrons. The topological polar surface area (TPSA) is 79.0 Å². The molecule has 0 saturated carbocycles. The summed E-state index contributed by atoms with van der Waals surface area (Å²) in [4.78, 5) is 15.1. The highest BCUT2D eigenvalue weighted by Gasteiger charge is 2.35. The molecule has 29 heavy (non-hydrogen) atoms. The SMILES string of the molecule is CC[C@H]1CCCCN1CCCNC(=O)[C@@H]1CN(S(C)(=O)=O)c2cc(Cl)ccc2O1. The molecule has 9 heteroatoms. The van der Waals surface area contributed by atoms with Gasteiger partial charge in [0, 0.05) is 24.2 Å². The number of fused-ring (bicyclic) bond motifs is 1. The summed E-state index contributed by atoms with van der Waals surface area (Å²) in [5.74, 6) is 0.0373. The molecule has 0 bridgehead atoms. The molecule has 3 rings (SSSR count). The first kappa shape index (κ1) is 22.2. The van der Waals surface area contributed by atoms with Crippen LogP contribution in [-0.4, -0.2) is 63.8 Å². The minimum absolute atomic E-state index is 0.0674. The molecule has 2 aliphatic heterocycles. The van der Waals surface area contributed by atoms with Crippen LogP contribution in [0, 0.1) is 0 Å². The van der Waals surface area contributed by atoms with Gasteiger partial charge in [0.2, 0.25) is 10.0 Å². The molecule has 0 spiro atoms. The molecule has 1 amide bonds. The lowest BCUT2D eigenvalue weighted by atomic mass is 10.00. The Morgan fingerprint density at radius 1 is 1.34 bits per heavy atom. The highest BCUT2D eigenvalue weighted by atomic mass is 35.5. The van der Waals surface area contributed by atoms with Gasteiger partial charge in [0.1, 0.15) is 5.75 Å². The first-order valence-electron chi connectivity index (χ1n) is 10.2. The third-order valence-corrected chi connectivity index (χ3v) is 7.01. The van der Waals surface area contributed by atoms with Gasteiger partial charge in [-0.05, 0) is 50.4 Å². The maximum absolute atomic E-state index is 12.6. The molecule has 1 fully saturated rings. The van der Waals surface area contributed by atoms with Gasteiger partial charge in [-0.1, -0.05) is 24.9 Å². The van der Waals surface area contributed by atoms with Crippen LogP contribution < -0.4 is 14.4 Å². The van der Waals surface area contributed by atoms with Crippen LogP contribution in [0.1, 0.15) is 39.0 Å². The second-order valence-electron chi connectivity index (χ2n) is 7.75. The highest BCUT2D eigenvalue weighted by molar-refractivity contribution is 7.92. The second-order valence-corrected chi connectivity index (χ2v) is 10.1. The summed E-state index contributed by atoms with van der Waals surface area (Å²) in [7, 11) is -3.56. The smallest absolute Gasteiger partial charge is 0.263 e. The summed E-state index contributed by atoms with van der Waals surface area (Å²) in [5, 5.41) is 3.31. The van der Waals surface area contributed by atoms with Crippen molar-refractivity contribution in [2.75, 3.05) is 36.7 Å². The van der Waals surface area contributed by atoms with Crippen LogP contribution in [0.25, 0.3) is 0 Å². The van der Waals surface area contributed by atoms with Gasteiger partial charge in [-0.3, -0.25) is 9.10 Å². The summed E-state index contributed by atoms with van der Waals surface area (Å²) in [6.45, 7) is 4.78. The standard InChI is InChI=1S/C20H30ClN3O4S/c1-3-16-7-4-5-11-23(16)12-6-10-22-20(25)19-14-24(29(2,26)27)17-13-15(21)8-9-18(17)28-19/h8-9,13,16,19H,3-7,10-12,14H2,1-2H3,(H,22,25)/t16-,19-/m0/s1. The van der Waals surface area contributed by atoms with Crippen LogP contribution in [-0.2, 0) is 14.8 Å². The number of likely N-dealkylation sites (tertiary alicyclic amines) is 1. The van der Waals surface area contributed by atoms with Gasteiger partial charge in [-0.15, -0.1) is 0 Å². The molecular formula is C20H30ClN3O4S. The number of rotatable bonds is 7. The van der Waals surface area contributed by atoms with Crippen molar-refractivity contribution in [3.63, 3.8) is 0 Å². The fourth-order valence-electron chi connectivity index (χ4n) is 4.10. The van der Waals surface area contributed by atoms with Gasteiger partial charge in [-0.2, -0.15) is 0 Å². The molecule has 2 heterocycles. The number of nitrogens with zero attached hydrogens (tertiary/aromatic N) is 2. The zero-order valence-corrected chi connectivity index (χ0v) is 18.6. The van der Waals surface area contributed by atoms with Crippen LogP contribution in [0.3, 0.4) is 0 Å². The van der Waals surface area contributed by atoms with Crippen molar-refractivity contribution in [2.45, 2.75) is 51.2 Å². The number of anilines is 1. The molecule has 2 aliphatic rings. The summed E-state index contributed by atoms with van der Waals surface area (Å²) >= 11 is 6.00. The van der Waals surface area contributed by atoms with E-state index in [1.807, 2.05) is 0 Å². The van der Waals surface area contributed by atoms with E-state index in [1.165, 1.54) is 29.6 Å².